The third-order valence-electron chi connectivity index (χ3n) is 3.98. The monoisotopic (exact) mass is 365 g/mol. The van der Waals surface area contributed by atoms with E-state index in [4.69, 9.17) is 15.2 Å². The van der Waals surface area contributed by atoms with Crippen molar-refractivity contribution in [1.82, 2.24) is 9.78 Å². The van der Waals surface area contributed by atoms with E-state index in [1.165, 1.54) is 5.56 Å². The van der Waals surface area contributed by atoms with Gasteiger partial charge in [-0.3, -0.25) is 4.68 Å². The average molecular weight is 365 g/mol. The molecule has 7 heteroatoms. The van der Waals surface area contributed by atoms with Gasteiger partial charge in [-0.1, -0.05) is 30.3 Å². The van der Waals surface area contributed by atoms with E-state index in [2.05, 4.69) is 27.5 Å². The first kappa shape index (κ1) is 18.3. The third kappa shape index (κ3) is 5.01. The standard InChI is InChI=1S/C20H23N5O2/c1-26-17-8-9-19(27-2)18(10-17)24-20(21)22-11-16-12-23-25(14-16)13-15-6-4-3-5-7-15/h3-10,12,14H,11,13H2,1-2H3,(H3,21,22,24). The summed E-state index contributed by atoms with van der Waals surface area (Å²) in [5.41, 5.74) is 8.88. The van der Waals surface area contributed by atoms with Crippen molar-refractivity contribution in [2.45, 2.75) is 13.1 Å². The number of benzene rings is 2. The van der Waals surface area contributed by atoms with Gasteiger partial charge in [0.05, 0.1) is 39.2 Å². The first-order valence-electron chi connectivity index (χ1n) is 8.52. The van der Waals surface area contributed by atoms with Crippen LogP contribution in [0.4, 0.5) is 5.69 Å². The molecule has 0 atom stereocenters. The van der Waals surface area contributed by atoms with Crippen molar-refractivity contribution < 1.29 is 9.47 Å². The van der Waals surface area contributed by atoms with Crippen LogP contribution in [0, 0.1) is 0 Å². The van der Waals surface area contributed by atoms with Crippen molar-refractivity contribution in [3.8, 4) is 11.5 Å². The molecule has 0 spiro atoms. The Morgan fingerprint density at radius 3 is 2.67 bits per heavy atom. The second-order valence-corrected chi connectivity index (χ2v) is 5.92. The van der Waals surface area contributed by atoms with E-state index in [0.717, 1.165) is 12.1 Å². The van der Waals surface area contributed by atoms with E-state index >= 15 is 0 Å². The van der Waals surface area contributed by atoms with Crippen LogP contribution in [0.5, 0.6) is 11.5 Å². The quantitative estimate of drug-likeness (QED) is 0.497. The van der Waals surface area contributed by atoms with Crippen LogP contribution in [0.3, 0.4) is 0 Å². The van der Waals surface area contributed by atoms with Crippen LogP contribution >= 0.6 is 0 Å². The van der Waals surface area contributed by atoms with Gasteiger partial charge in [0.15, 0.2) is 5.96 Å². The van der Waals surface area contributed by atoms with Gasteiger partial charge in [-0.25, -0.2) is 4.99 Å². The topological polar surface area (TPSA) is 86.7 Å². The molecule has 0 bridgehead atoms. The van der Waals surface area contributed by atoms with E-state index in [9.17, 15) is 0 Å². The van der Waals surface area contributed by atoms with Gasteiger partial charge in [-0.2, -0.15) is 5.10 Å². The zero-order chi connectivity index (χ0) is 19.1. The summed E-state index contributed by atoms with van der Waals surface area (Å²) in [6.07, 6.45) is 3.77. The van der Waals surface area contributed by atoms with Crippen molar-refractivity contribution in [3.63, 3.8) is 0 Å². The molecule has 0 saturated carbocycles. The maximum atomic E-state index is 6.01. The van der Waals surface area contributed by atoms with Gasteiger partial charge in [0.2, 0.25) is 0 Å². The predicted molar refractivity (Wildman–Crippen MR) is 106 cm³/mol. The zero-order valence-corrected chi connectivity index (χ0v) is 15.4. The molecule has 0 unspecified atom stereocenters. The number of methoxy groups -OCH3 is 2. The normalized spacial score (nSPS) is 11.3. The van der Waals surface area contributed by atoms with Crippen LogP contribution in [0.25, 0.3) is 0 Å². The van der Waals surface area contributed by atoms with Crippen molar-refractivity contribution in [1.29, 1.82) is 0 Å². The smallest absolute Gasteiger partial charge is 0.193 e. The highest BCUT2D eigenvalue weighted by Gasteiger charge is 2.06. The van der Waals surface area contributed by atoms with Crippen molar-refractivity contribution in [2.75, 3.05) is 19.5 Å². The van der Waals surface area contributed by atoms with Gasteiger partial charge in [-0.05, 0) is 17.7 Å². The van der Waals surface area contributed by atoms with E-state index < -0.39 is 0 Å². The van der Waals surface area contributed by atoms with E-state index in [-0.39, 0.29) is 5.96 Å². The molecule has 0 amide bonds. The molecular weight excluding hydrogens is 342 g/mol. The molecule has 27 heavy (non-hydrogen) atoms. The van der Waals surface area contributed by atoms with E-state index in [1.54, 1.807) is 26.5 Å². The number of nitrogens with zero attached hydrogens (tertiary/aromatic N) is 3. The average Bonchev–Trinajstić information content (AvgIpc) is 3.14. The number of hydrogen-bond donors (Lipinski definition) is 2. The fraction of sp³-hybridized carbons (Fsp3) is 0.200. The molecule has 3 aromatic rings. The lowest BCUT2D eigenvalue weighted by Crippen LogP contribution is -2.23. The molecule has 0 aliphatic heterocycles. The minimum Gasteiger partial charge on any atom is -0.497 e. The minimum absolute atomic E-state index is 0.289. The summed E-state index contributed by atoms with van der Waals surface area (Å²) in [5.74, 6) is 1.65. The fourth-order valence-electron chi connectivity index (χ4n) is 2.61. The first-order chi connectivity index (χ1) is 13.2. The number of aromatic nitrogens is 2. The summed E-state index contributed by atoms with van der Waals surface area (Å²) in [5, 5.41) is 7.42. The number of anilines is 1. The summed E-state index contributed by atoms with van der Waals surface area (Å²) in [4.78, 5) is 4.37. The lowest BCUT2D eigenvalue weighted by atomic mass is 10.2. The predicted octanol–water partition coefficient (Wildman–Crippen LogP) is 2.88. The second kappa shape index (κ2) is 8.75. The van der Waals surface area contributed by atoms with Crippen molar-refractivity contribution in [3.05, 3.63) is 72.1 Å². The fourth-order valence-corrected chi connectivity index (χ4v) is 2.61. The lowest BCUT2D eigenvalue weighted by Gasteiger charge is -2.12. The van der Waals surface area contributed by atoms with Gasteiger partial charge in [-0.15, -0.1) is 0 Å². The highest BCUT2D eigenvalue weighted by atomic mass is 16.5. The van der Waals surface area contributed by atoms with Gasteiger partial charge >= 0.3 is 0 Å². The van der Waals surface area contributed by atoms with Gasteiger partial charge in [0.25, 0.3) is 0 Å². The van der Waals surface area contributed by atoms with Crippen LogP contribution in [0.2, 0.25) is 0 Å². The summed E-state index contributed by atoms with van der Waals surface area (Å²) in [7, 11) is 3.21. The largest absolute Gasteiger partial charge is 0.497 e. The summed E-state index contributed by atoms with van der Waals surface area (Å²) >= 11 is 0. The number of rotatable bonds is 7. The lowest BCUT2D eigenvalue weighted by molar-refractivity contribution is 0.405. The first-order valence-corrected chi connectivity index (χ1v) is 8.52. The van der Waals surface area contributed by atoms with Crippen molar-refractivity contribution >= 4 is 11.6 Å². The molecule has 0 saturated heterocycles. The number of nitrogens with two attached hydrogens (primary N) is 1. The Labute approximate surface area is 158 Å². The second-order valence-electron chi connectivity index (χ2n) is 5.92. The number of ether oxygens (including phenoxy) is 2. The molecule has 7 nitrogen and oxygen atoms in total. The van der Waals surface area contributed by atoms with Crippen LogP contribution in [-0.4, -0.2) is 30.0 Å². The molecule has 0 aliphatic rings. The van der Waals surface area contributed by atoms with Crippen LogP contribution in [-0.2, 0) is 13.1 Å². The minimum atomic E-state index is 0.289. The molecule has 1 aromatic heterocycles. The van der Waals surface area contributed by atoms with Crippen LogP contribution in [0.1, 0.15) is 11.1 Å². The Hall–Kier alpha value is -3.48. The SMILES string of the molecule is COc1ccc(OC)c(NC(N)=NCc2cnn(Cc3ccccc3)c2)c1. The maximum absolute atomic E-state index is 6.01. The Morgan fingerprint density at radius 1 is 1.11 bits per heavy atom. The Kier molecular flexibility index (Phi) is 5.94. The van der Waals surface area contributed by atoms with Gasteiger partial charge in [0.1, 0.15) is 11.5 Å². The number of aliphatic imine (C=N–C) groups is 1. The molecular formula is C20H23N5O2. The Bertz CT molecular complexity index is 906. The summed E-state index contributed by atoms with van der Waals surface area (Å²) in [6, 6.07) is 15.6. The van der Waals surface area contributed by atoms with Crippen molar-refractivity contribution in [2.24, 2.45) is 10.7 Å². The highest BCUT2D eigenvalue weighted by Crippen LogP contribution is 2.28. The molecule has 3 N–H and O–H groups in total. The molecule has 0 fully saturated rings. The van der Waals surface area contributed by atoms with Gasteiger partial charge in [0, 0.05) is 17.8 Å². The van der Waals surface area contributed by atoms with Crippen LogP contribution < -0.4 is 20.5 Å². The van der Waals surface area contributed by atoms with Crippen LogP contribution in [0.15, 0.2) is 65.9 Å². The molecule has 140 valence electrons. The molecule has 0 radical (unpaired) electrons. The number of nitrogens with one attached hydrogen (secondary N) is 1. The van der Waals surface area contributed by atoms with E-state index in [1.807, 2.05) is 41.2 Å². The van der Waals surface area contributed by atoms with Gasteiger partial charge < -0.3 is 20.5 Å². The number of guanidine groups is 1. The van der Waals surface area contributed by atoms with E-state index in [0.29, 0.717) is 23.7 Å². The maximum Gasteiger partial charge on any atom is 0.193 e. The third-order valence-corrected chi connectivity index (χ3v) is 3.98. The summed E-state index contributed by atoms with van der Waals surface area (Å²) < 4.78 is 12.4. The summed E-state index contributed by atoms with van der Waals surface area (Å²) in [6.45, 7) is 1.15. The molecule has 1 heterocycles. The number of hydrogen-bond acceptors (Lipinski definition) is 4. The Morgan fingerprint density at radius 2 is 1.93 bits per heavy atom. The molecule has 3 rings (SSSR count). The zero-order valence-electron chi connectivity index (χ0n) is 15.4. The molecule has 2 aromatic carbocycles. The highest BCUT2D eigenvalue weighted by molar-refractivity contribution is 5.94. The Balaban J connectivity index is 1.63. The molecule has 0 aliphatic carbocycles.